The highest BCUT2D eigenvalue weighted by Crippen LogP contribution is 2.58. The van der Waals surface area contributed by atoms with Gasteiger partial charge in [-0.2, -0.15) is 13.2 Å². The first-order chi connectivity index (χ1) is 14.9. The van der Waals surface area contributed by atoms with Crippen LogP contribution in [0.5, 0.6) is 5.75 Å². The normalized spacial score (nSPS) is 17.3. The highest BCUT2D eigenvalue weighted by molar-refractivity contribution is 5.93. The molecule has 0 spiro atoms. The number of benzene rings is 2. The van der Waals surface area contributed by atoms with Gasteiger partial charge in [0.25, 0.3) is 0 Å². The van der Waals surface area contributed by atoms with Gasteiger partial charge < -0.3 is 14.9 Å². The van der Waals surface area contributed by atoms with E-state index < -0.39 is 11.8 Å². The van der Waals surface area contributed by atoms with Gasteiger partial charge in [-0.05, 0) is 48.1 Å². The van der Waals surface area contributed by atoms with E-state index in [1.807, 2.05) is 0 Å². The monoisotopic (exact) mass is 430 g/mol. The first-order valence-corrected chi connectivity index (χ1v) is 9.94. The summed E-state index contributed by atoms with van der Waals surface area (Å²) in [7, 11) is 0. The summed E-state index contributed by atoms with van der Waals surface area (Å²) in [4.78, 5) is 7.99. The van der Waals surface area contributed by atoms with E-state index >= 15 is 0 Å². The van der Waals surface area contributed by atoms with Gasteiger partial charge in [-0.15, -0.1) is 0 Å². The Bertz CT molecular complexity index is 1070. The lowest BCUT2D eigenvalue weighted by Gasteiger charge is -2.28. The van der Waals surface area contributed by atoms with Gasteiger partial charge in [0.05, 0.1) is 6.61 Å². The van der Waals surface area contributed by atoms with Gasteiger partial charge in [0, 0.05) is 35.7 Å². The van der Waals surface area contributed by atoms with Crippen molar-refractivity contribution in [3.05, 3.63) is 66.2 Å². The SMILES string of the molecule is OCCCCCOc1cc(-c2cncnc2)c2c(c1)C(O)(C(F)(F)F)c1ccccc1-2. The molecule has 0 aliphatic heterocycles. The van der Waals surface area contributed by atoms with E-state index in [0.717, 1.165) is 6.42 Å². The number of aromatic nitrogens is 2. The lowest BCUT2D eigenvalue weighted by atomic mass is 9.89. The predicted octanol–water partition coefficient (Wildman–Crippen LogP) is 4.46. The van der Waals surface area contributed by atoms with Crippen LogP contribution in [0.25, 0.3) is 22.3 Å². The largest absolute Gasteiger partial charge is 0.494 e. The van der Waals surface area contributed by atoms with Crippen LogP contribution in [-0.2, 0) is 5.60 Å². The van der Waals surface area contributed by atoms with Crippen molar-refractivity contribution in [3.63, 3.8) is 0 Å². The summed E-state index contributed by atoms with van der Waals surface area (Å²) in [6.45, 7) is 0.356. The minimum absolute atomic E-state index is 0.0773. The standard InChI is InChI=1S/C23H21F3N2O3/c24-23(25,26)22(30)19-7-3-2-6-17(19)21-18(15-12-27-14-28-13-15)10-16(11-20(21)22)31-9-5-1-4-8-29/h2-3,6-7,10-14,29-30H,1,4-5,8-9H2. The average Bonchev–Trinajstić information content (AvgIpc) is 3.04. The molecule has 1 aromatic heterocycles. The van der Waals surface area contributed by atoms with Crippen LogP contribution >= 0.6 is 0 Å². The summed E-state index contributed by atoms with van der Waals surface area (Å²) in [6, 6.07) is 8.90. The molecule has 3 aromatic rings. The number of nitrogens with zero attached hydrogens (tertiary/aromatic N) is 2. The zero-order valence-corrected chi connectivity index (χ0v) is 16.6. The molecule has 4 rings (SSSR count). The van der Waals surface area contributed by atoms with E-state index in [4.69, 9.17) is 9.84 Å². The quantitative estimate of drug-likeness (QED) is 0.541. The highest BCUT2D eigenvalue weighted by Gasteiger charge is 2.61. The van der Waals surface area contributed by atoms with Crippen LogP contribution in [0, 0.1) is 0 Å². The molecule has 1 heterocycles. The molecule has 0 bridgehead atoms. The number of rotatable bonds is 7. The first kappa shape index (κ1) is 21.3. The van der Waals surface area contributed by atoms with E-state index in [1.165, 1.54) is 36.9 Å². The molecule has 0 amide bonds. The summed E-state index contributed by atoms with van der Waals surface area (Å²) >= 11 is 0. The van der Waals surface area contributed by atoms with Gasteiger partial charge in [-0.1, -0.05) is 24.3 Å². The Morgan fingerprint density at radius 2 is 1.68 bits per heavy atom. The van der Waals surface area contributed by atoms with Crippen LogP contribution in [0.1, 0.15) is 30.4 Å². The third-order valence-electron chi connectivity index (χ3n) is 5.44. The number of hydrogen-bond donors (Lipinski definition) is 2. The summed E-state index contributed by atoms with van der Waals surface area (Å²) in [5, 5.41) is 19.9. The third-order valence-corrected chi connectivity index (χ3v) is 5.44. The van der Waals surface area contributed by atoms with Gasteiger partial charge in [-0.25, -0.2) is 9.97 Å². The summed E-state index contributed by atoms with van der Waals surface area (Å²) < 4.78 is 48.4. The summed E-state index contributed by atoms with van der Waals surface area (Å²) in [5.74, 6) is 0.220. The molecule has 0 saturated carbocycles. The number of ether oxygens (including phenoxy) is 1. The Kier molecular flexibility index (Phi) is 5.68. The van der Waals surface area contributed by atoms with Crippen LogP contribution in [-0.4, -0.2) is 39.6 Å². The van der Waals surface area contributed by atoms with Gasteiger partial charge in [0.2, 0.25) is 5.60 Å². The highest BCUT2D eigenvalue weighted by atomic mass is 19.4. The third kappa shape index (κ3) is 3.66. The van der Waals surface area contributed by atoms with Crippen molar-refractivity contribution >= 4 is 0 Å². The molecule has 8 heteroatoms. The van der Waals surface area contributed by atoms with Crippen LogP contribution < -0.4 is 4.74 Å². The lowest BCUT2D eigenvalue weighted by molar-refractivity contribution is -0.246. The second-order valence-electron chi connectivity index (χ2n) is 7.41. The number of alkyl halides is 3. The number of unbranched alkanes of at least 4 members (excludes halogenated alkanes) is 2. The summed E-state index contributed by atoms with van der Waals surface area (Å²) in [6.07, 6.45) is 1.44. The van der Waals surface area contributed by atoms with Crippen molar-refractivity contribution in [2.75, 3.05) is 13.2 Å². The van der Waals surface area contributed by atoms with Crippen LogP contribution in [0.15, 0.2) is 55.1 Å². The zero-order valence-electron chi connectivity index (χ0n) is 16.6. The maximum atomic E-state index is 14.2. The Morgan fingerprint density at radius 3 is 2.39 bits per heavy atom. The van der Waals surface area contributed by atoms with Gasteiger partial charge in [-0.3, -0.25) is 0 Å². The van der Waals surface area contributed by atoms with Crippen molar-refractivity contribution in [1.29, 1.82) is 0 Å². The van der Waals surface area contributed by atoms with Gasteiger partial charge in [0.1, 0.15) is 12.1 Å². The molecule has 1 aliphatic rings. The van der Waals surface area contributed by atoms with Crippen molar-refractivity contribution in [2.24, 2.45) is 0 Å². The summed E-state index contributed by atoms with van der Waals surface area (Å²) in [5.41, 5.74) is -2.06. The minimum atomic E-state index is -4.93. The predicted molar refractivity (Wildman–Crippen MR) is 108 cm³/mol. The fourth-order valence-corrected chi connectivity index (χ4v) is 3.99. The zero-order chi connectivity index (χ0) is 22.1. The molecule has 0 saturated heterocycles. The number of fused-ring (bicyclic) bond motifs is 3. The van der Waals surface area contributed by atoms with Crippen LogP contribution in [0.2, 0.25) is 0 Å². The van der Waals surface area contributed by atoms with Gasteiger partial charge >= 0.3 is 6.18 Å². The van der Waals surface area contributed by atoms with Gasteiger partial charge in [0.15, 0.2) is 0 Å². The van der Waals surface area contributed by atoms with E-state index in [9.17, 15) is 18.3 Å². The Morgan fingerprint density at radius 1 is 0.935 bits per heavy atom. The number of hydrogen-bond acceptors (Lipinski definition) is 5. The van der Waals surface area contributed by atoms with Crippen molar-refractivity contribution in [1.82, 2.24) is 9.97 Å². The molecule has 5 nitrogen and oxygen atoms in total. The smallest absolute Gasteiger partial charge is 0.425 e. The molecule has 1 aliphatic carbocycles. The van der Waals surface area contributed by atoms with Crippen LogP contribution in [0.3, 0.4) is 0 Å². The average molecular weight is 430 g/mol. The second-order valence-corrected chi connectivity index (χ2v) is 7.41. The molecule has 0 fully saturated rings. The molecule has 162 valence electrons. The Hall–Kier alpha value is -2.97. The van der Waals surface area contributed by atoms with Crippen molar-refractivity contribution in [3.8, 4) is 28.0 Å². The molecule has 1 unspecified atom stereocenters. The minimum Gasteiger partial charge on any atom is -0.494 e. The molecule has 1 atom stereocenters. The van der Waals surface area contributed by atoms with Crippen molar-refractivity contribution in [2.45, 2.75) is 31.0 Å². The second kappa shape index (κ2) is 8.28. The molecule has 31 heavy (non-hydrogen) atoms. The molecule has 2 aromatic carbocycles. The molecule has 2 N–H and O–H groups in total. The van der Waals surface area contributed by atoms with E-state index in [1.54, 1.807) is 18.2 Å². The molecular weight excluding hydrogens is 409 g/mol. The van der Waals surface area contributed by atoms with E-state index in [-0.39, 0.29) is 35.7 Å². The lowest BCUT2D eigenvalue weighted by Crippen LogP contribution is -2.41. The topological polar surface area (TPSA) is 75.5 Å². The molecule has 0 radical (unpaired) electrons. The molecular formula is C23H21F3N2O3. The van der Waals surface area contributed by atoms with E-state index in [2.05, 4.69) is 9.97 Å². The number of aliphatic hydroxyl groups is 2. The number of halogens is 3. The Balaban J connectivity index is 1.88. The fraction of sp³-hybridized carbons (Fsp3) is 0.304. The Labute approximate surface area is 177 Å². The fourth-order valence-electron chi connectivity index (χ4n) is 3.99. The number of aliphatic hydroxyl groups excluding tert-OH is 1. The first-order valence-electron chi connectivity index (χ1n) is 9.94. The van der Waals surface area contributed by atoms with Crippen molar-refractivity contribution < 1.29 is 28.1 Å². The maximum absolute atomic E-state index is 14.2. The van der Waals surface area contributed by atoms with E-state index in [0.29, 0.717) is 29.5 Å². The maximum Gasteiger partial charge on any atom is 0.425 e. The van der Waals surface area contributed by atoms with Crippen LogP contribution in [0.4, 0.5) is 13.2 Å².